The Morgan fingerprint density at radius 3 is 2.41 bits per heavy atom. The van der Waals surface area contributed by atoms with Crippen LogP contribution in [-0.4, -0.2) is 23.3 Å². The molecule has 0 saturated heterocycles. The molecular formula is C14H20O2S. The van der Waals surface area contributed by atoms with Crippen LogP contribution in [0.3, 0.4) is 0 Å². The first-order chi connectivity index (χ1) is 8.24. The second-order valence-electron chi connectivity index (χ2n) is 4.66. The van der Waals surface area contributed by atoms with Gasteiger partial charge in [-0.15, -0.1) is 0 Å². The van der Waals surface area contributed by atoms with Gasteiger partial charge in [-0.25, -0.2) is 0 Å². The van der Waals surface area contributed by atoms with Crippen molar-refractivity contribution < 1.29 is 9.84 Å². The average Bonchev–Trinajstić information content (AvgIpc) is 2.38. The number of hydrogen-bond acceptors (Lipinski definition) is 3. The predicted molar refractivity (Wildman–Crippen MR) is 71.1 cm³/mol. The molecule has 1 N–H and O–H groups in total. The minimum Gasteiger partial charge on any atom is -0.386 e. The molecule has 1 saturated carbocycles. The number of rotatable bonds is 4. The summed E-state index contributed by atoms with van der Waals surface area (Å²) in [7, 11) is 1.69. The van der Waals surface area contributed by atoms with Gasteiger partial charge in [-0.3, -0.25) is 0 Å². The molecule has 94 valence electrons. The third-order valence-electron chi connectivity index (χ3n) is 3.36. The van der Waals surface area contributed by atoms with Gasteiger partial charge in [-0.05, 0) is 25.0 Å². The van der Waals surface area contributed by atoms with Crippen LogP contribution in [0.2, 0.25) is 0 Å². The minimum atomic E-state index is -0.659. The Morgan fingerprint density at radius 1 is 1.18 bits per heavy atom. The Balaban J connectivity index is 2.05. The topological polar surface area (TPSA) is 29.5 Å². The van der Waals surface area contributed by atoms with Crippen LogP contribution < -0.4 is 0 Å². The molecule has 1 aromatic carbocycles. The van der Waals surface area contributed by atoms with Crippen molar-refractivity contribution in [3.63, 3.8) is 0 Å². The van der Waals surface area contributed by atoms with Crippen molar-refractivity contribution in [1.29, 1.82) is 0 Å². The Labute approximate surface area is 107 Å². The quantitative estimate of drug-likeness (QED) is 0.657. The van der Waals surface area contributed by atoms with Gasteiger partial charge in [0.15, 0.2) is 0 Å². The van der Waals surface area contributed by atoms with Gasteiger partial charge in [0.1, 0.15) is 11.0 Å². The summed E-state index contributed by atoms with van der Waals surface area (Å²) in [6, 6.07) is 10.1. The van der Waals surface area contributed by atoms with Crippen molar-refractivity contribution >= 4 is 11.8 Å². The Morgan fingerprint density at radius 2 is 1.82 bits per heavy atom. The third kappa shape index (κ3) is 3.24. The van der Waals surface area contributed by atoms with E-state index in [2.05, 4.69) is 12.1 Å². The summed E-state index contributed by atoms with van der Waals surface area (Å²) < 4.78 is 5.51. The van der Waals surface area contributed by atoms with E-state index in [9.17, 15) is 5.11 Å². The Bertz CT molecular complexity index is 333. The van der Waals surface area contributed by atoms with Crippen LogP contribution in [0.5, 0.6) is 0 Å². The third-order valence-corrected chi connectivity index (χ3v) is 4.75. The summed E-state index contributed by atoms with van der Waals surface area (Å²) in [5, 5.41) is 10.6. The number of thioether (sulfide) groups is 1. The van der Waals surface area contributed by atoms with Crippen molar-refractivity contribution in [1.82, 2.24) is 0 Å². The van der Waals surface area contributed by atoms with E-state index in [1.807, 2.05) is 18.2 Å². The first kappa shape index (κ1) is 12.9. The molecule has 0 aromatic heterocycles. The maximum atomic E-state index is 10.6. The Hall–Kier alpha value is -0.510. The van der Waals surface area contributed by atoms with E-state index >= 15 is 0 Å². The largest absolute Gasteiger partial charge is 0.386 e. The highest BCUT2D eigenvalue weighted by Gasteiger charge is 2.38. The first-order valence-electron chi connectivity index (χ1n) is 6.21. The van der Waals surface area contributed by atoms with Crippen molar-refractivity contribution in [2.45, 2.75) is 48.0 Å². The molecule has 17 heavy (non-hydrogen) atoms. The first-order valence-corrected chi connectivity index (χ1v) is 7.09. The van der Waals surface area contributed by atoms with Gasteiger partial charge in [-0.1, -0.05) is 49.2 Å². The molecule has 0 radical (unpaired) electrons. The zero-order valence-electron chi connectivity index (χ0n) is 10.3. The molecule has 3 heteroatoms. The van der Waals surface area contributed by atoms with Gasteiger partial charge in [0.25, 0.3) is 0 Å². The summed E-state index contributed by atoms with van der Waals surface area (Å²) in [5.41, 5.74) is -0.821. The maximum absolute atomic E-state index is 10.6. The fourth-order valence-corrected chi connectivity index (χ4v) is 3.51. The fraction of sp³-hybridized carbons (Fsp3) is 0.571. The normalized spacial score (nSPS) is 21.1. The summed E-state index contributed by atoms with van der Waals surface area (Å²) >= 11 is 1.62. The number of methoxy groups -OCH3 is 1. The SMILES string of the molecule is COC(Sc1ccccc1)C1(O)CCCCC1. The van der Waals surface area contributed by atoms with Crippen LogP contribution >= 0.6 is 11.8 Å². The summed E-state index contributed by atoms with van der Waals surface area (Å²) in [4.78, 5) is 1.15. The van der Waals surface area contributed by atoms with E-state index in [4.69, 9.17) is 4.74 Å². The molecule has 1 aromatic rings. The molecular weight excluding hydrogens is 232 g/mol. The van der Waals surface area contributed by atoms with Gasteiger partial charge < -0.3 is 9.84 Å². The molecule has 0 aliphatic heterocycles. The molecule has 0 bridgehead atoms. The van der Waals surface area contributed by atoms with E-state index in [0.717, 1.165) is 30.6 Å². The lowest BCUT2D eigenvalue weighted by molar-refractivity contribution is -0.0729. The van der Waals surface area contributed by atoms with Crippen LogP contribution in [0.4, 0.5) is 0 Å². The molecule has 1 aliphatic carbocycles. The molecule has 0 amide bonds. The van der Waals surface area contributed by atoms with Crippen LogP contribution in [-0.2, 0) is 4.74 Å². The van der Waals surface area contributed by atoms with Crippen molar-refractivity contribution in [3.05, 3.63) is 30.3 Å². The second-order valence-corrected chi connectivity index (χ2v) is 5.80. The van der Waals surface area contributed by atoms with Crippen LogP contribution in [0, 0.1) is 0 Å². The monoisotopic (exact) mass is 252 g/mol. The molecule has 2 nitrogen and oxygen atoms in total. The highest BCUT2D eigenvalue weighted by Crippen LogP contribution is 2.39. The molecule has 1 unspecified atom stereocenters. The van der Waals surface area contributed by atoms with Crippen molar-refractivity contribution in [2.75, 3.05) is 7.11 Å². The molecule has 0 heterocycles. The van der Waals surface area contributed by atoms with Crippen molar-refractivity contribution in [2.24, 2.45) is 0 Å². The smallest absolute Gasteiger partial charge is 0.135 e. The van der Waals surface area contributed by atoms with Gasteiger partial charge in [0.05, 0.1) is 0 Å². The van der Waals surface area contributed by atoms with Gasteiger partial charge in [0, 0.05) is 12.0 Å². The molecule has 1 atom stereocenters. The molecule has 0 spiro atoms. The van der Waals surface area contributed by atoms with E-state index in [1.54, 1.807) is 18.9 Å². The lowest BCUT2D eigenvalue weighted by atomic mass is 9.85. The van der Waals surface area contributed by atoms with Gasteiger partial charge >= 0.3 is 0 Å². The minimum absolute atomic E-state index is 0.162. The average molecular weight is 252 g/mol. The number of hydrogen-bond donors (Lipinski definition) is 1. The highest BCUT2D eigenvalue weighted by molar-refractivity contribution is 7.99. The fourth-order valence-electron chi connectivity index (χ4n) is 2.40. The van der Waals surface area contributed by atoms with Crippen molar-refractivity contribution in [3.8, 4) is 0 Å². The van der Waals surface area contributed by atoms with E-state index in [1.165, 1.54) is 6.42 Å². The standard InChI is InChI=1S/C14H20O2S/c1-16-13(14(15)10-6-3-7-11-14)17-12-8-4-2-5-9-12/h2,4-5,8-9,13,15H,3,6-7,10-11H2,1H3. The van der Waals surface area contributed by atoms with Crippen LogP contribution in [0.1, 0.15) is 32.1 Å². The van der Waals surface area contributed by atoms with E-state index in [0.29, 0.717) is 0 Å². The number of benzene rings is 1. The van der Waals surface area contributed by atoms with E-state index < -0.39 is 5.60 Å². The lowest BCUT2D eigenvalue weighted by Crippen LogP contribution is -2.43. The number of ether oxygens (including phenoxy) is 1. The maximum Gasteiger partial charge on any atom is 0.135 e. The lowest BCUT2D eigenvalue weighted by Gasteiger charge is -2.37. The summed E-state index contributed by atoms with van der Waals surface area (Å²) in [5.74, 6) is 0. The number of aliphatic hydroxyl groups is 1. The van der Waals surface area contributed by atoms with Crippen LogP contribution in [0.15, 0.2) is 35.2 Å². The van der Waals surface area contributed by atoms with Gasteiger partial charge in [-0.2, -0.15) is 0 Å². The summed E-state index contributed by atoms with van der Waals surface area (Å²) in [6.45, 7) is 0. The molecule has 2 rings (SSSR count). The predicted octanol–water partition coefficient (Wildman–Crippen LogP) is 3.45. The van der Waals surface area contributed by atoms with Gasteiger partial charge in [0.2, 0.25) is 0 Å². The zero-order valence-corrected chi connectivity index (χ0v) is 11.1. The highest BCUT2D eigenvalue weighted by atomic mass is 32.2. The Kier molecular flexibility index (Phi) is 4.48. The van der Waals surface area contributed by atoms with E-state index in [-0.39, 0.29) is 5.44 Å². The van der Waals surface area contributed by atoms with Crippen LogP contribution in [0.25, 0.3) is 0 Å². The molecule has 1 aliphatic rings. The molecule has 1 fully saturated rings. The summed E-state index contributed by atoms with van der Waals surface area (Å²) in [6.07, 6.45) is 5.14. The zero-order chi connectivity index (χ0) is 12.1. The second kappa shape index (κ2) is 5.89.